The molecule has 0 atom stereocenters. The molecule has 1 aliphatic carbocycles. The molecule has 1 N–H and O–H groups in total. The predicted octanol–water partition coefficient (Wildman–Crippen LogP) is 4.69. The number of para-hydroxylation sites is 1. The highest BCUT2D eigenvalue weighted by atomic mass is 19.1. The number of aryl methyl sites for hydroxylation is 2. The summed E-state index contributed by atoms with van der Waals surface area (Å²) >= 11 is 0. The maximum absolute atomic E-state index is 13.6. The van der Waals surface area contributed by atoms with Crippen LogP contribution in [0.2, 0.25) is 0 Å². The number of H-pyrrole nitrogens is 1. The number of benzene rings is 1. The van der Waals surface area contributed by atoms with E-state index in [1.807, 2.05) is 10.7 Å². The molecule has 0 amide bonds. The summed E-state index contributed by atoms with van der Waals surface area (Å²) in [6.45, 7) is 0.750. The van der Waals surface area contributed by atoms with Gasteiger partial charge >= 0.3 is 0 Å². The van der Waals surface area contributed by atoms with Crippen LogP contribution in [0.1, 0.15) is 30.0 Å². The van der Waals surface area contributed by atoms with Crippen molar-refractivity contribution in [3.63, 3.8) is 0 Å². The first-order valence-corrected chi connectivity index (χ1v) is 9.01. The van der Waals surface area contributed by atoms with E-state index in [2.05, 4.69) is 40.4 Å². The Balaban J connectivity index is 1.48. The van der Waals surface area contributed by atoms with Crippen molar-refractivity contribution >= 4 is 10.9 Å². The Bertz CT molecular complexity index is 1070. The van der Waals surface area contributed by atoms with Crippen molar-refractivity contribution < 1.29 is 4.39 Å². The minimum atomic E-state index is -0.320. The van der Waals surface area contributed by atoms with E-state index in [4.69, 9.17) is 5.10 Å². The van der Waals surface area contributed by atoms with Crippen molar-refractivity contribution in [3.05, 3.63) is 72.1 Å². The second-order valence-electron chi connectivity index (χ2n) is 6.95. The van der Waals surface area contributed by atoms with Gasteiger partial charge in [-0.3, -0.25) is 9.67 Å². The molecule has 0 radical (unpaired) electrons. The lowest BCUT2D eigenvalue weighted by molar-refractivity contribution is 0.608. The summed E-state index contributed by atoms with van der Waals surface area (Å²) < 4.78 is 15.7. The lowest BCUT2D eigenvalue weighted by atomic mass is 10.1. The molecule has 0 aliphatic heterocycles. The molecule has 1 aliphatic rings. The molecule has 26 heavy (non-hydrogen) atoms. The monoisotopic (exact) mass is 346 g/mol. The predicted molar refractivity (Wildman–Crippen MR) is 99.4 cm³/mol. The van der Waals surface area contributed by atoms with Crippen LogP contribution in [0.4, 0.5) is 4.39 Å². The van der Waals surface area contributed by atoms with Crippen molar-refractivity contribution in [1.82, 2.24) is 19.7 Å². The third kappa shape index (κ3) is 2.79. The lowest BCUT2D eigenvalue weighted by Crippen LogP contribution is -2.05. The van der Waals surface area contributed by atoms with Crippen LogP contribution in [0, 0.1) is 5.82 Å². The Morgan fingerprint density at radius 3 is 2.88 bits per heavy atom. The van der Waals surface area contributed by atoms with Gasteiger partial charge in [-0.1, -0.05) is 18.2 Å². The number of halogens is 1. The minimum Gasteiger partial charge on any atom is -0.361 e. The second kappa shape index (κ2) is 6.09. The molecule has 3 heterocycles. The molecule has 5 heteroatoms. The van der Waals surface area contributed by atoms with Crippen LogP contribution in [0.25, 0.3) is 22.2 Å². The number of aromatic amines is 1. The summed E-state index contributed by atoms with van der Waals surface area (Å²) in [4.78, 5) is 7.32. The van der Waals surface area contributed by atoms with Crippen molar-refractivity contribution in [1.29, 1.82) is 0 Å². The first-order chi connectivity index (χ1) is 12.8. The van der Waals surface area contributed by atoms with Gasteiger partial charge in [0.1, 0.15) is 5.82 Å². The Hall–Kier alpha value is -2.95. The van der Waals surface area contributed by atoms with Crippen LogP contribution in [0.3, 0.4) is 0 Å². The van der Waals surface area contributed by atoms with E-state index in [9.17, 15) is 4.39 Å². The Morgan fingerprint density at radius 1 is 1.15 bits per heavy atom. The molecule has 0 saturated heterocycles. The van der Waals surface area contributed by atoms with Crippen LogP contribution in [-0.4, -0.2) is 19.7 Å². The fourth-order valence-corrected chi connectivity index (χ4v) is 3.53. The Kier molecular flexibility index (Phi) is 3.59. The number of nitrogens with one attached hydrogen (secondary N) is 1. The number of pyridine rings is 1. The third-order valence-electron chi connectivity index (χ3n) is 5.06. The second-order valence-corrected chi connectivity index (χ2v) is 6.95. The van der Waals surface area contributed by atoms with E-state index in [0.29, 0.717) is 5.92 Å². The fraction of sp³-hybridized carbons (Fsp3) is 0.238. The van der Waals surface area contributed by atoms with Gasteiger partial charge in [-0.15, -0.1) is 0 Å². The van der Waals surface area contributed by atoms with Gasteiger partial charge in [-0.2, -0.15) is 5.10 Å². The normalized spacial score (nSPS) is 14.2. The van der Waals surface area contributed by atoms with Crippen molar-refractivity contribution in [2.24, 2.45) is 0 Å². The van der Waals surface area contributed by atoms with E-state index in [1.165, 1.54) is 36.1 Å². The van der Waals surface area contributed by atoms with E-state index in [-0.39, 0.29) is 5.82 Å². The molecule has 4 aromatic rings. The SMILES string of the molecule is Fc1cncc(-c2cc(C3CC3)nn2CCc2c[nH]c3ccccc23)c1. The zero-order valence-electron chi connectivity index (χ0n) is 14.3. The van der Waals surface area contributed by atoms with Crippen LogP contribution < -0.4 is 0 Å². The summed E-state index contributed by atoms with van der Waals surface area (Å²) in [6.07, 6.45) is 8.27. The third-order valence-corrected chi connectivity index (χ3v) is 5.06. The van der Waals surface area contributed by atoms with Gasteiger partial charge in [0.15, 0.2) is 0 Å². The quantitative estimate of drug-likeness (QED) is 0.570. The number of rotatable bonds is 5. The summed E-state index contributed by atoms with van der Waals surface area (Å²) in [5, 5.41) is 6.06. The molecule has 5 rings (SSSR count). The highest BCUT2D eigenvalue weighted by Crippen LogP contribution is 2.40. The van der Waals surface area contributed by atoms with Crippen molar-refractivity contribution in [3.8, 4) is 11.3 Å². The van der Waals surface area contributed by atoms with Crippen LogP contribution in [-0.2, 0) is 13.0 Å². The first-order valence-electron chi connectivity index (χ1n) is 9.01. The molecule has 1 aromatic carbocycles. The van der Waals surface area contributed by atoms with Gasteiger partial charge in [0.25, 0.3) is 0 Å². The highest BCUT2D eigenvalue weighted by Gasteiger charge is 2.27. The summed E-state index contributed by atoms with van der Waals surface area (Å²) in [5.74, 6) is 0.240. The van der Waals surface area contributed by atoms with E-state index in [0.717, 1.165) is 35.4 Å². The van der Waals surface area contributed by atoms with Crippen LogP contribution >= 0.6 is 0 Å². The van der Waals surface area contributed by atoms with Crippen molar-refractivity contribution in [2.75, 3.05) is 0 Å². The van der Waals surface area contributed by atoms with Gasteiger partial charge in [0.05, 0.1) is 17.6 Å². The molecule has 3 aromatic heterocycles. The summed E-state index contributed by atoms with van der Waals surface area (Å²) in [7, 11) is 0. The number of aromatic nitrogens is 4. The molecule has 1 fully saturated rings. The molecular weight excluding hydrogens is 327 g/mol. The molecular formula is C21H19FN4. The summed E-state index contributed by atoms with van der Waals surface area (Å²) in [6, 6.07) is 11.9. The van der Waals surface area contributed by atoms with Gasteiger partial charge in [0, 0.05) is 41.3 Å². The van der Waals surface area contributed by atoms with Crippen LogP contribution in [0.15, 0.2) is 55.0 Å². The van der Waals surface area contributed by atoms with E-state index < -0.39 is 0 Å². The Labute approximate surface area is 150 Å². The van der Waals surface area contributed by atoms with Gasteiger partial charge in [-0.25, -0.2) is 4.39 Å². The highest BCUT2D eigenvalue weighted by molar-refractivity contribution is 5.83. The lowest BCUT2D eigenvalue weighted by Gasteiger charge is -2.07. The maximum atomic E-state index is 13.6. The van der Waals surface area contributed by atoms with E-state index >= 15 is 0 Å². The first kappa shape index (κ1) is 15.3. The molecule has 4 nitrogen and oxygen atoms in total. The van der Waals surface area contributed by atoms with Crippen molar-refractivity contribution in [2.45, 2.75) is 31.7 Å². The van der Waals surface area contributed by atoms with E-state index in [1.54, 1.807) is 6.20 Å². The zero-order valence-corrected chi connectivity index (χ0v) is 14.3. The molecule has 0 unspecified atom stereocenters. The molecule has 0 spiro atoms. The zero-order chi connectivity index (χ0) is 17.5. The fourth-order valence-electron chi connectivity index (χ4n) is 3.53. The van der Waals surface area contributed by atoms with Gasteiger partial charge < -0.3 is 4.98 Å². The van der Waals surface area contributed by atoms with Gasteiger partial charge in [0.2, 0.25) is 0 Å². The summed E-state index contributed by atoms with van der Waals surface area (Å²) in [5.41, 5.74) is 5.26. The number of hydrogen-bond acceptors (Lipinski definition) is 2. The topological polar surface area (TPSA) is 46.5 Å². The average Bonchev–Trinajstić information content (AvgIpc) is 3.29. The molecule has 0 bridgehead atoms. The number of fused-ring (bicyclic) bond motifs is 1. The standard InChI is InChI=1S/C21H19FN4/c22-17-9-16(11-23-13-17)21-10-20(14-5-6-14)25-26(21)8-7-15-12-24-19-4-2-1-3-18(15)19/h1-4,9-14,24H,5-8H2. The number of hydrogen-bond donors (Lipinski definition) is 1. The molecule has 130 valence electrons. The van der Waals surface area contributed by atoms with Gasteiger partial charge in [-0.05, 0) is 43.0 Å². The smallest absolute Gasteiger partial charge is 0.142 e. The average molecular weight is 346 g/mol. The number of nitrogens with zero attached hydrogens (tertiary/aromatic N) is 3. The minimum absolute atomic E-state index is 0.320. The molecule has 1 saturated carbocycles. The maximum Gasteiger partial charge on any atom is 0.142 e. The van der Waals surface area contributed by atoms with Crippen LogP contribution in [0.5, 0.6) is 0 Å². The Morgan fingerprint density at radius 2 is 2.04 bits per heavy atom. The largest absolute Gasteiger partial charge is 0.361 e.